The van der Waals surface area contributed by atoms with E-state index < -0.39 is 0 Å². The summed E-state index contributed by atoms with van der Waals surface area (Å²) in [7, 11) is 2.09. The fourth-order valence-electron chi connectivity index (χ4n) is 2.72. The Bertz CT molecular complexity index is 540. The SMILES string of the molecule is CC1CCN(C)C(CC#N)CN1c1cccc(C#N)c1. The predicted octanol–water partition coefficient (Wildman–Crippen LogP) is 2.37. The summed E-state index contributed by atoms with van der Waals surface area (Å²) < 4.78 is 0. The van der Waals surface area contributed by atoms with Crippen molar-refractivity contribution < 1.29 is 0 Å². The Morgan fingerprint density at radius 1 is 1.35 bits per heavy atom. The molecule has 0 aromatic heterocycles. The van der Waals surface area contributed by atoms with Crippen LogP contribution >= 0.6 is 0 Å². The highest BCUT2D eigenvalue weighted by molar-refractivity contribution is 5.52. The summed E-state index contributed by atoms with van der Waals surface area (Å²) >= 11 is 0. The Morgan fingerprint density at radius 2 is 2.15 bits per heavy atom. The van der Waals surface area contributed by atoms with Crippen LogP contribution in [0.5, 0.6) is 0 Å². The van der Waals surface area contributed by atoms with Gasteiger partial charge in [0.2, 0.25) is 0 Å². The van der Waals surface area contributed by atoms with Crippen molar-refractivity contribution in [2.75, 3.05) is 25.0 Å². The molecular weight excluding hydrogens is 248 g/mol. The van der Waals surface area contributed by atoms with Crippen molar-refractivity contribution in [3.8, 4) is 12.1 Å². The molecule has 104 valence electrons. The molecule has 1 saturated heterocycles. The lowest BCUT2D eigenvalue weighted by molar-refractivity contribution is 0.263. The molecule has 1 heterocycles. The lowest BCUT2D eigenvalue weighted by Crippen LogP contribution is -2.40. The van der Waals surface area contributed by atoms with Gasteiger partial charge in [-0.1, -0.05) is 6.07 Å². The Morgan fingerprint density at radius 3 is 2.85 bits per heavy atom. The summed E-state index contributed by atoms with van der Waals surface area (Å²) in [5.74, 6) is 0. The first-order chi connectivity index (χ1) is 9.65. The standard InChI is InChI=1S/C16H20N4/c1-13-7-9-19(2)16(6-8-17)12-20(13)15-5-3-4-14(10-15)11-18/h3-5,10,13,16H,6-7,9,12H2,1-2H3. The highest BCUT2D eigenvalue weighted by Gasteiger charge is 2.26. The number of likely N-dealkylation sites (N-methyl/N-ethyl adjacent to an activating group) is 1. The minimum atomic E-state index is 0.246. The number of hydrogen-bond donors (Lipinski definition) is 0. The number of hydrogen-bond acceptors (Lipinski definition) is 4. The van der Waals surface area contributed by atoms with Gasteiger partial charge < -0.3 is 9.80 Å². The van der Waals surface area contributed by atoms with Crippen molar-refractivity contribution >= 4 is 5.69 Å². The maximum absolute atomic E-state index is 9.04. The van der Waals surface area contributed by atoms with Crippen LogP contribution in [-0.4, -0.2) is 37.1 Å². The largest absolute Gasteiger partial charge is 0.367 e. The molecule has 20 heavy (non-hydrogen) atoms. The molecule has 0 spiro atoms. The molecule has 2 rings (SSSR count). The molecule has 2 atom stereocenters. The van der Waals surface area contributed by atoms with E-state index >= 15 is 0 Å². The van der Waals surface area contributed by atoms with Gasteiger partial charge in [0.15, 0.2) is 0 Å². The van der Waals surface area contributed by atoms with E-state index in [2.05, 4.69) is 35.9 Å². The number of nitrogens with zero attached hydrogens (tertiary/aromatic N) is 4. The molecule has 1 aliphatic heterocycles. The van der Waals surface area contributed by atoms with E-state index in [0.717, 1.165) is 25.2 Å². The zero-order valence-electron chi connectivity index (χ0n) is 12.1. The second-order valence-corrected chi connectivity index (χ2v) is 5.45. The van der Waals surface area contributed by atoms with Gasteiger partial charge in [0, 0.05) is 30.9 Å². The summed E-state index contributed by atoms with van der Waals surface area (Å²) in [6.45, 7) is 4.05. The highest BCUT2D eigenvalue weighted by atomic mass is 15.2. The Balaban J connectivity index is 2.27. The molecule has 1 aliphatic rings. The highest BCUT2D eigenvalue weighted by Crippen LogP contribution is 2.24. The van der Waals surface area contributed by atoms with E-state index in [1.807, 2.05) is 24.3 Å². The second kappa shape index (κ2) is 6.41. The van der Waals surface area contributed by atoms with Gasteiger partial charge in [-0.25, -0.2) is 0 Å². The van der Waals surface area contributed by atoms with Gasteiger partial charge in [0.05, 0.1) is 24.1 Å². The molecule has 0 aliphatic carbocycles. The van der Waals surface area contributed by atoms with E-state index in [9.17, 15) is 0 Å². The first-order valence-electron chi connectivity index (χ1n) is 6.99. The van der Waals surface area contributed by atoms with Gasteiger partial charge >= 0.3 is 0 Å². The minimum absolute atomic E-state index is 0.246. The fourth-order valence-corrected chi connectivity index (χ4v) is 2.72. The van der Waals surface area contributed by atoms with E-state index in [1.165, 1.54) is 0 Å². The lowest BCUT2D eigenvalue weighted by atomic mass is 10.1. The molecule has 1 aromatic rings. The maximum atomic E-state index is 9.04. The van der Waals surface area contributed by atoms with Crippen LogP contribution in [0.1, 0.15) is 25.3 Å². The van der Waals surface area contributed by atoms with Crippen LogP contribution in [0.2, 0.25) is 0 Å². The van der Waals surface area contributed by atoms with Gasteiger partial charge in [-0.05, 0) is 38.6 Å². The molecule has 2 unspecified atom stereocenters. The Kier molecular flexibility index (Phi) is 4.61. The molecule has 4 heteroatoms. The van der Waals surface area contributed by atoms with Crippen molar-refractivity contribution in [1.29, 1.82) is 10.5 Å². The van der Waals surface area contributed by atoms with E-state index in [0.29, 0.717) is 18.0 Å². The lowest BCUT2D eigenvalue weighted by Gasteiger charge is -2.32. The first kappa shape index (κ1) is 14.4. The summed E-state index contributed by atoms with van der Waals surface area (Å²) in [5.41, 5.74) is 1.76. The molecule has 0 N–H and O–H groups in total. The topological polar surface area (TPSA) is 54.1 Å². The van der Waals surface area contributed by atoms with Crippen molar-refractivity contribution in [1.82, 2.24) is 4.90 Å². The number of nitriles is 2. The van der Waals surface area contributed by atoms with Crippen molar-refractivity contribution in [3.05, 3.63) is 29.8 Å². The van der Waals surface area contributed by atoms with Gasteiger partial charge in [-0.15, -0.1) is 0 Å². The van der Waals surface area contributed by atoms with Crippen LogP contribution in [0.15, 0.2) is 24.3 Å². The summed E-state index contributed by atoms with van der Waals surface area (Å²) in [5, 5.41) is 18.0. The second-order valence-electron chi connectivity index (χ2n) is 5.45. The minimum Gasteiger partial charge on any atom is -0.367 e. The van der Waals surface area contributed by atoms with Crippen LogP contribution in [0.4, 0.5) is 5.69 Å². The van der Waals surface area contributed by atoms with Crippen LogP contribution in [0.3, 0.4) is 0 Å². The maximum Gasteiger partial charge on any atom is 0.0992 e. The van der Waals surface area contributed by atoms with E-state index in [1.54, 1.807) is 0 Å². The number of benzene rings is 1. The van der Waals surface area contributed by atoms with E-state index in [4.69, 9.17) is 10.5 Å². The van der Waals surface area contributed by atoms with Gasteiger partial charge in [-0.2, -0.15) is 10.5 Å². The third-order valence-electron chi connectivity index (χ3n) is 4.10. The van der Waals surface area contributed by atoms with Crippen LogP contribution in [0, 0.1) is 22.7 Å². The van der Waals surface area contributed by atoms with E-state index in [-0.39, 0.29) is 6.04 Å². The Labute approximate surface area is 120 Å². The Hall–Kier alpha value is -2.04. The predicted molar refractivity (Wildman–Crippen MR) is 79.2 cm³/mol. The number of anilines is 1. The van der Waals surface area contributed by atoms with Gasteiger partial charge in [0.25, 0.3) is 0 Å². The van der Waals surface area contributed by atoms with Crippen molar-refractivity contribution in [3.63, 3.8) is 0 Å². The van der Waals surface area contributed by atoms with Crippen LogP contribution in [-0.2, 0) is 0 Å². The molecule has 0 bridgehead atoms. The van der Waals surface area contributed by atoms with Crippen LogP contribution in [0.25, 0.3) is 0 Å². The smallest absolute Gasteiger partial charge is 0.0992 e. The summed E-state index contributed by atoms with van der Waals surface area (Å²) in [4.78, 5) is 4.60. The molecule has 0 saturated carbocycles. The first-order valence-corrected chi connectivity index (χ1v) is 6.99. The van der Waals surface area contributed by atoms with Gasteiger partial charge in [0.1, 0.15) is 0 Å². The normalized spacial score (nSPS) is 23.7. The zero-order chi connectivity index (χ0) is 14.5. The molecule has 4 nitrogen and oxygen atoms in total. The van der Waals surface area contributed by atoms with Crippen LogP contribution < -0.4 is 4.90 Å². The van der Waals surface area contributed by atoms with Crippen molar-refractivity contribution in [2.24, 2.45) is 0 Å². The molecule has 1 aromatic carbocycles. The monoisotopic (exact) mass is 268 g/mol. The molecule has 0 amide bonds. The third kappa shape index (κ3) is 3.10. The van der Waals surface area contributed by atoms with Gasteiger partial charge in [-0.3, -0.25) is 0 Å². The quantitative estimate of drug-likeness (QED) is 0.826. The average molecular weight is 268 g/mol. The molecule has 0 radical (unpaired) electrons. The fraction of sp³-hybridized carbons (Fsp3) is 0.500. The average Bonchev–Trinajstić information content (AvgIpc) is 2.61. The zero-order valence-corrected chi connectivity index (χ0v) is 12.1. The molecular formula is C16H20N4. The molecule has 1 fully saturated rings. The summed E-state index contributed by atoms with van der Waals surface area (Å²) in [6.07, 6.45) is 1.60. The summed E-state index contributed by atoms with van der Waals surface area (Å²) in [6, 6.07) is 12.9. The third-order valence-corrected chi connectivity index (χ3v) is 4.10. The van der Waals surface area contributed by atoms with Crippen molar-refractivity contribution in [2.45, 2.75) is 31.8 Å². The number of rotatable bonds is 2.